The monoisotopic (exact) mass is 294 g/mol. The number of amides is 2. The quantitative estimate of drug-likeness (QED) is 0.721. The van der Waals surface area contributed by atoms with Crippen molar-refractivity contribution in [3.05, 3.63) is 24.3 Å². The molecule has 0 bridgehead atoms. The van der Waals surface area contributed by atoms with Gasteiger partial charge in [0.05, 0.1) is 6.61 Å². The summed E-state index contributed by atoms with van der Waals surface area (Å²) < 4.78 is 5.30. The third-order valence-corrected chi connectivity index (χ3v) is 2.73. The van der Waals surface area contributed by atoms with Crippen LogP contribution >= 0.6 is 0 Å². The number of nitrogens with one attached hydrogen (secondary N) is 2. The molecule has 6 nitrogen and oxygen atoms in total. The molecule has 1 aromatic rings. The Morgan fingerprint density at radius 3 is 2.33 bits per heavy atom. The van der Waals surface area contributed by atoms with E-state index in [1.54, 1.807) is 24.3 Å². The summed E-state index contributed by atoms with van der Waals surface area (Å²) in [5.74, 6) is -0.144. The van der Waals surface area contributed by atoms with Crippen LogP contribution in [-0.4, -0.2) is 29.8 Å². The van der Waals surface area contributed by atoms with Crippen LogP contribution in [0, 0.1) is 5.92 Å². The number of benzene rings is 1. The Morgan fingerprint density at radius 2 is 1.86 bits per heavy atom. The number of carboxylic acid groups (broad SMARTS) is 1. The van der Waals surface area contributed by atoms with Crippen molar-refractivity contribution in [2.75, 3.05) is 11.9 Å². The van der Waals surface area contributed by atoms with Crippen LogP contribution in [0.5, 0.6) is 5.75 Å². The van der Waals surface area contributed by atoms with Gasteiger partial charge in [0.2, 0.25) is 0 Å². The summed E-state index contributed by atoms with van der Waals surface area (Å²) in [5, 5.41) is 14.1. The highest BCUT2D eigenvalue weighted by molar-refractivity contribution is 5.92. The van der Waals surface area contributed by atoms with E-state index in [1.165, 1.54) is 0 Å². The molecule has 0 saturated carbocycles. The first-order valence-electron chi connectivity index (χ1n) is 6.95. The van der Waals surface area contributed by atoms with Crippen molar-refractivity contribution < 1.29 is 19.4 Å². The zero-order valence-electron chi connectivity index (χ0n) is 12.6. The Morgan fingerprint density at radius 1 is 1.24 bits per heavy atom. The van der Waals surface area contributed by atoms with Crippen LogP contribution < -0.4 is 15.4 Å². The van der Waals surface area contributed by atoms with Gasteiger partial charge in [-0.3, -0.25) is 0 Å². The van der Waals surface area contributed by atoms with Crippen molar-refractivity contribution in [3.8, 4) is 5.75 Å². The number of carbonyl (C=O) groups excluding carboxylic acids is 1. The predicted molar refractivity (Wildman–Crippen MR) is 80.6 cm³/mol. The van der Waals surface area contributed by atoms with Gasteiger partial charge < -0.3 is 20.5 Å². The number of aliphatic carboxylic acids is 1. The van der Waals surface area contributed by atoms with Gasteiger partial charge in [-0.15, -0.1) is 0 Å². The number of rotatable bonds is 7. The summed E-state index contributed by atoms with van der Waals surface area (Å²) >= 11 is 0. The van der Waals surface area contributed by atoms with E-state index in [-0.39, 0.29) is 5.92 Å². The van der Waals surface area contributed by atoms with Gasteiger partial charge in [0.15, 0.2) is 0 Å². The molecule has 2 amide bonds. The number of hydrogen-bond acceptors (Lipinski definition) is 3. The molecule has 0 unspecified atom stereocenters. The van der Waals surface area contributed by atoms with Gasteiger partial charge in [-0.05, 0) is 43.5 Å². The van der Waals surface area contributed by atoms with Crippen LogP contribution in [0.2, 0.25) is 0 Å². The van der Waals surface area contributed by atoms with E-state index in [9.17, 15) is 9.59 Å². The molecule has 0 radical (unpaired) electrons. The first kappa shape index (κ1) is 16.8. The van der Waals surface area contributed by atoms with E-state index in [0.717, 1.165) is 0 Å². The van der Waals surface area contributed by atoms with E-state index in [2.05, 4.69) is 10.6 Å². The lowest BCUT2D eigenvalue weighted by atomic mass is 10.0. The fourth-order valence-electron chi connectivity index (χ4n) is 1.82. The van der Waals surface area contributed by atoms with Crippen molar-refractivity contribution in [2.24, 2.45) is 5.92 Å². The van der Waals surface area contributed by atoms with Crippen molar-refractivity contribution >= 4 is 17.7 Å². The molecule has 1 rings (SSSR count). The number of hydrogen-bond donors (Lipinski definition) is 3. The first-order valence-corrected chi connectivity index (χ1v) is 6.95. The smallest absolute Gasteiger partial charge is 0.326 e. The van der Waals surface area contributed by atoms with E-state index < -0.39 is 18.0 Å². The second-order valence-corrected chi connectivity index (χ2v) is 5.08. The van der Waals surface area contributed by atoms with Gasteiger partial charge in [0, 0.05) is 5.69 Å². The molecule has 21 heavy (non-hydrogen) atoms. The zero-order valence-corrected chi connectivity index (χ0v) is 12.6. The maximum absolute atomic E-state index is 11.8. The second-order valence-electron chi connectivity index (χ2n) is 5.08. The normalized spacial score (nSPS) is 11.8. The summed E-state index contributed by atoms with van der Waals surface area (Å²) in [5.41, 5.74) is 0.574. The fourth-order valence-corrected chi connectivity index (χ4v) is 1.82. The Kier molecular flexibility index (Phi) is 6.52. The van der Waals surface area contributed by atoms with Crippen molar-refractivity contribution in [1.82, 2.24) is 5.32 Å². The van der Waals surface area contributed by atoms with E-state index >= 15 is 0 Å². The Labute approximate surface area is 124 Å². The van der Waals surface area contributed by atoms with Gasteiger partial charge in [0.1, 0.15) is 11.8 Å². The minimum atomic E-state index is -1.04. The average molecular weight is 294 g/mol. The molecule has 0 aliphatic rings. The van der Waals surface area contributed by atoms with Crippen LogP contribution in [0.15, 0.2) is 24.3 Å². The summed E-state index contributed by atoms with van der Waals surface area (Å²) in [6.07, 6.45) is 0.381. The molecule has 3 N–H and O–H groups in total. The third kappa shape index (κ3) is 6.16. The van der Waals surface area contributed by atoms with Gasteiger partial charge in [-0.2, -0.15) is 0 Å². The van der Waals surface area contributed by atoms with Crippen LogP contribution in [0.1, 0.15) is 27.2 Å². The third-order valence-electron chi connectivity index (χ3n) is 2.73. The number of urea groups is 1. The SMILES string of the molecule is CCOc1ccc(NC(=O)N[C@H](CC(C)C)C(=O)O)cc1. The number of anilines is 1. The van der Waals surface area contributed by atoms with E-state index in [0.29, 0.717) is 24.5 Å². The number of carboxylic acids is 1. The molecule has 116 valence electrons. The lowest BCUT2D eigenvalue weighted by Crippen LogP contribution is -2.43. The van der Waals surface area contributed by atoms with Crippen LogP contribution in [-0.2, 0) is 4.79 Å². The Balaban J connectivity index is 2.57. The topological polar surface area (TPSA) is 87.7 Å². The van der Waals surface area contributed by atoms with E-state index in [1.807, 2.05) is 20.8 Å². The number of ether oxygens (including phenoxy) is 1. The minimum absolute atomic E-state index is 0.178. The molecule has 0 aliphatic carbocycles. The van der Waals surface area contributed by atoms with Crippen molar-refractivity contribution in [1.29, 1.82) is 0 Å². The van der Waals surface area contributed by atoms with Crippen LogP contribution in [0.25, 0.3) is 0 Å². The molecule has 1 atom stereocenters. The Bertz CT molecular complexity index is 471. The largest absolute Gasteiger partial charge is 0.494 e. The summed E-state index contributed by atoms with van der Waals surface area (Å²) in [4.78, 5) is 22.9. The maximum Gasteiger partial charge on any atom is 0.326 e. The molecular weight excluding hydrogens is 272 g/mol. The summed E-state index contributed by atoms with van der Waals surface area (Å²) in [6, 6.07) is 5.44. The molecule has 0 aromatic heterocycles. The Hall–Kier alpha value is -2.24. The average Bonchev–Trinajstić information content (AvgIpc) is 2.40. The van der Waals surface area contributed by atoms with Gasteiger partial charge >= 0.3 is 12.0 Å². The lowest BCUT2D eigenvalue weighted by Gasteiger charge is -2.17. The molecule has 0 heterocycles. The maximum atomic E-state index is 11.8. The fraction of sp³-hybridized carbons (Fsp3) is 0.467. The van der Waals surface area contributed by atoms with Crippen molar-refractivity contribution in [3.63, 3.8) is 0 Å². The molecule has 1 aromatic carbocycles. The van der Waals surface area contributed by atoms with Crippen molar-refractivity contribution in [2.45, 2.75) is 33.2 Å². The second kappa shape index (κ2) is 8.14. The highest BCUT2D eigenvalue weighted by atomic mass is 16.5. The van der Waals surface area contributed by atoms with Crippen LogP contribution in [0.4, 0.5) is 10.5 Å². The molecular formula is C15H22N2O4. The standard InChI is InChI=1S/C15H22N2O4/c1-4-21-12-7-5-11(6-8-12)16-15(20)17-13(14(18)19)9-10(2)3/h5-8,10,13H,4,9H2,1-3H3,(H,18,19)(H2,16,17,20)/t13-/m1/s1. The highest BCUT2D eigenvalue weighted by Crippen LogP contribution is 2.15. The van der Waals surface area contributed by atoms with E-state index in [4.69, 9.17) is 9.84 Å². The molecule has 0 aliphatic heterocycles. The predicted octanol–water partition coefficient (Wildman–Crippen LogP) is 2.71. The number of carbonyl (C=O) groups is 2. The van der Waals surface area contributed by atoms with Gasteiger partial charge in [-0.1, -0.05) is 13.8 Å². The first-order chi connectivity index (χ1) is 9.92. The van der Waals surface area contributed by atoms with Gasteiger partial charge in [-0.25, -0.2) is 9.59 Å². The molecule has 0 fully saturated rings. The molecule has 0 saturated heterocycles. The highest BCUT2D eigenvalue weighted by Gasteiger charge is 2.20. The minimum Gasteiger partial charge on any atom is -0.494 e. The molecule has 0 spiro atoms. The summed E-state index contributed by atoms with van der Waals surface area (Å²) in [6.45, 7) is 6.27. The zero-order chi connectivity index (χ0) is 15.8. The van der Waals surface area contributed by atoms with Gasteiger partial charge in [0.25, 0.3) is 0 Å². The molecule has 6 heteroatoms. The van der Waals surface area contributed by atoms with Crippen LogP contribution in [0.3, 0.4) is 0 Å². The summed E-state index contributed by atoms with van der Waals surface area (Å²) in [7, 11) is 0. The lowest BCUT2D eigenvalue weighted by molar-refractivity contribution is -0.139.